The summed E-state index contributed by atoms with van der Waals surface area (Å²) in [6.07, 6.45) is -0.789. The summed E-state index contributed by atoms with van der Waals surface area (Å²) >= 11 is 0. The Kier molecular flexibility index (Phi) is 7.39. The summed E-state index contributed by atoms with van der Waals surface area (Å²) in [6.45, 7) is 4.52. The summed E-state index contributed by atoms with van der Waals surface area (Å²) in [4.78, 5) is 45.6. The molecular weight excluding hydrogens is 336 g/mol. The lowest BCUT2D eigenvalue weighted by Gasteiger charge is -2.43. The molecule has 3 unspecified atom stereocenters. The molecule has 0 aliphatic carbocycles. The lowest BCUT2D eigenvalue weighted by molar-refractivity contribution is -0.294. The van der Waals surface area contributed by atoms with Gasteiger partial charge in [0.2, 0.25) is 12.4 Å². The number of carbonyl (C=O) groups is 4. The quantitative estimate of drug-likeness (QED) is 0.384. The van der Waals surface area contributed by atoms with E-state index in [0.29, 0.717) is 0 Å². The number of rotatable bonds is 5. The van der Waals surface area contributed by atoms with Gasteiger partial charge in [-0.2, -0.15) is 0 Å². The molecule has 5 atom stereocenters. The standard InChI is InChI=1S/C16H20O9/c1-6-7-12-13(21-8(2)17)14(22-9(3)18)15(23-10(4)19)16(25-12)24-11(5)20/h1,12-16H,7H2,2-5H3/t12?,13-,14?,15?,16+/m0/s1. The van der Waals surface area contributed by atoms with Crippen LogP contribution in [0.1, 0.15) is 34.1 Å². The SMILES string of the molecule is C#CCC1O[C@@H](OC(C)=O)C(OC(C)=O)C(OC(C)=O)[C@H]1OC(C)=O. The normalized spacial score (nSPS) is 28.2. The van der Waals surface area contributed by atoms with Crippen molar-refractivity contribution in [3.05, 3.63) is 0 Å². The maximum atomic E-state index is 11.5. The zero-order valence-electron chi connectivity index (χ0n) is 14.3. The van der Waals surface area contributed by atoms with E-state index >= 15 is 0 Å². The molecule has 0 radical (unpaired) electrons. The fourth-order valence-corrected chi connectivity index (χ4v) is 2.39. The Balaban J connectivity index is 3.28. The average molecular weight is 356 g/mol. The number of terminal acetylenes is 1. The largest absolute Gasteiger partial charge is 0.456 e. The minimum absolute atomic E-state index is 0.0275. The summed E-state index contributed by atoms with van der Waals surface area (Å²) < 4.78 is 26.0. The van der Waals surface area contributed by atoms with Crippen LogP contribution in [0.15, 0.2) is 0 Å². The number of hydrogen-bond donors (Lipinski definition) is 0. The molecule has 9 heteroatoms. The van der Waals surface area contributed by atoms with Gasteiger partial charge in [-0.25, -0.2) is 0 Å². The van der Waals surface area contributed by atoms with Gasteiger partial charge in [0.05, 0.1) is 0 Å². The lowest BCUT2D eigenvalue weighted by Crippen LogP contribution is -2.62. The van der Waals surface area contributed by atoms with E-state index in [1.54, 1.807) is 0 Å². The first kappa shape index (κ1) is 20.4. The second kappa shape index (κ2) is 9.03. The zero-order valence-corrected chi connectivity index (χ0v) is 14.3. The minimum Gasteiger partial charge on any atom is -0.456 e. The van der Waals surface area contributed by atoms with Crippen molar-refractivity contribution in [1.82, 2.24) is 0 Å². The van der Waals surface area contributed by atoms with Crippen LogP contribution in [0.25, 0.3) is 0 Å². The fourth-order valence-electron chi connectivity index (χ4n) is 2.39. The Morgan fingerprint density at radius 2 is 1.24 bits per heavy atom. The van der Waals surface area contributed by atoms with Gasteiger partial charge in [-0.15, -0.1) is 12.3 Å². The maximum Gasteiger partial charge on any atom is 0.305 e. The lowest BCUT2D eigenvalue weighted by atomic mass is 9.96. The Hall–Kier alpha value is -2.60. The number of esters is 4. The molecule has 0 N–H and O–H groups in total. The molecule has 9 nitrogen and oxygen atoms in total. The molecule has 1 rings (SSSR count). The predicted molar refractivity (Wildman–Crippen MR) is 80.5 cm³/mol. The van der Waals surface area contributed by atoms with Crippen molar-refractivity contribution in [1.29, 1.82) is 0 Å². The average Bonchev–Trinajstić information content (AvgIpc) is 2.45. The third-order valence-corrected chi connectivity index (χ3v) is 3.10. The van der Waals surface area contributed by atoms with E-state index in [1.165, 1.54) is 0 Å². The molecule has 0 bridgehead atoms. The molecule has 0 amide bonds. The molecule has 1 aliphatic rings. The summed E-state index contributed by atoms with van der Waals surface area (Å²) in [5, 5.41) is 0. The third kappa shape index (κ3) is 6.08. The van der Waals surface area contributed by atoms with Gasteiger partial charge in [0.25, 0.3) is 0 Å². The maximum absolute atomic E-state index is 11.5. The second-order valence-corrected chi connectivity index (χ2v) is 5.28. The van der Waals surface area contributed by atoms with Gasteiger partial charge in [0.15, 0.2) is 12.2 Å². The molecular formula is C16H20O9. The van der Waals surface area contributed by atoms with E-state index < -0.39 is 54.6 Å². The topological polar surface area (TPSA) is 114 Å². The molecule has 0 aromatic rings. The van der Waals surface area contributed by atoms with Crippen LogP contribution in [0.4, 0.5) is 0 Å². The highest BCUT2D eigenvalue weighted by Gasteiger charge is 2.52. The minimum atomic E-state index is -1.38. The fraction of sp³-hybridized carbons (Fsp3) is 0.625. The van der Waals surface area contributed by atoms with Crippen molar-refractivity contribution in [3.8, 4) is 12.3 Å². The van der Waals surface area contributed by atoms with E-state index in [1.807, 2.05) is 0 Å². The number of carbonyl (C=O) groups excluding carboxylic acids is 4. The smallest absolute Gasteiger partial charge is 0.305 e. The second-order valence-electron chi connectivity index (χ2n) is 5.28. The molecule has 25 heavy (non-hydrogen) atoms. The van der Waals surface area contributed by atoms with E-state index in [2.05, 4.69) is 5.92 Å². The van der Waals surface area contributed by atoms with Crippen LogP contribution in [-0.4, -0.2) is 54.6 Å². The molecule has 1 saturated heterocycles. The molecule has 0 aromatic carbocycles. The molecule has 138 valence electrons. The monoisotopic (exact) mass is 356 g/mol. The highest BCUT2D eigenvalue weighted by molar-refractivity contribution is 5.69. The number of hydrogen-bond acceptors (Lipinski definition) is 9. The van der Waals surface area contributed by atoms with Crippen LogP contribution in [0, 0.1) is 12.3 Å². The van der Waals surface area contributed by atoms with Crippen molar-refractivity contribution >= 4 is 23.9 Å². The van der Waals surface area contributed by atoms with Crippen LogP contribution < -0.4 is 0 Å². The molecule has 1 aliphatic heterocycles. The summed E-state index contributed by atoms with van der Waals surface area (Å²) in [7, 11) is 0. The van der Waals surface area contributed by atoms with Gasteiger partial charge in [-0.05, 0) is 0 Å². The van der Waals surface area contributed by atoms with Gasteiger partial charge < -0.3 is 23.7 Å². The molecule has 0 aromatic heterocycles. The van der Waals surface area contributed by atoms with Crippen LogP contribution in [-0.2, 0) is 42.9 Å². The third-order valence-electron chi connectivity index (χ3n) is 3.10. The van der Waals surface area contributed by atoms with E-state index in [-0.39, 0.29) is 6.42 Å². The van der Waals surface area contributed by atoms with Crippen molar-refractivity contribution < 1.29 is 42.9 Å². The van der Waals surface area contributed by atoms with Crippen LogP contribution in [0.3, 0.4) is 0 Å². The Labute approximate surface area is 144 Å². The van der Waals surface area contributed by atoms with E-state index in [4.69, 9.17) is 30.1 Å². The Bertz CT molecular complexity index is 577. The molecule has 0 spiro atoms. The first-order valence-electron chi connectivity index (χ1n) is 7.43. The Morgan fingerprint density at radius 1 is 0.800 bits per heavy atom. The summed E-state index contributed by atoms with van der Waals surface area (Å²) in [5.74, 6) is -0.511. The number of ether oxygens (including phenoxy) is 5. The van der Waals surface area contributed by atoms with Crippen LogP contribution in [0.5, 0.6) is 0 Å². The summed E-state index contributed by atoms with van der Waals surface area (Å²) in [5.41, 5.74) is 0. The Morgan fingerprint density at radius 3 is 1.68 bits per heavy atom. The van der Waals surface area contributed by atoms with Gasteiger partial charge in [0, 0.05) is 34.1 Å². The van der Waals surface area contributed by atoms with Crippen LogP contribution in [0.2, 0.25) is 0 Å². The van der Waals surface area contributed by atoms with Gasteiger partial charge in [0.1, 0.15) is 6.10 Å². The van der Waals surface area contributed by atoms with Crippen molar-refractivity contribution in [2.24, 2.45) is 0 Å². The van der Waals surface area contributed by atoms with Gasteiger partial charge in [-0.1, -0.05) is 0 Å². The van der Waals surface area contributed by atoms with Gasteiger partial charge >= 0.3 is 23.9 Å². The van der Waals surface area contributed by atoms with Crippen LogP contribution >= 0.6 is 0 Å². The van der Waals surface area contributed by atoms with Gasteiger partial charge in [-0.3, -0.25) is 19.2 Å². The highest BCUT2D eigenvalue weighted by atomic mass is 16.7. The first-order valence-corrected chi connectivity index (χ1v) is 7.43. The molecule has 0 saturated carbocycles. The first-order chi connectivity index (χ1) is 11.6. The molecule has 1 heterocycles. The predicted octanol–water partition coefficient (Wildman–Crippen LogP) is 0.0928. The zero-order chi connectivity index (χ0) is 19.1. The summed E-state index contributed by atoms with van der Waals surface area (Å²) in [6, 6.07) is 0. The van der Waals surface area contributed by atoms with Crippen molar-refractivity contribution in [2.45, 2.75) is 64.8 Å². The highest BCUT2D eigenvalue weighted by Crippen LogP contribution is 2.30. The van der Waals surface area contributed by atoms with Crippen molar-refractivity contribution in [2.75, 3.05) is 0 Å². The molecule has 1 fully saturated rings. The van der Waals surface area contributed by atoms with E-state index in [0.717, 1.165) is 27.7 Å². The van der Waals surface area contributed by atoms with Crippen molar-refractivity contribution in [3.63, 3.8) is 0 Å². The van der Waals surface area contributed by atoms with E-state index in [9.17, 15) is 19.2 Å².